The summed E-state index contributed by atoms with van der Waals surface area (Å²) in [6, 6.07) is 15.7. The van der Waals surface area contributed by atoms with E-state index in [-0.39, 0.29) is 0 Å². The van der Waals surface area contributed by atoms with E-state index < -0.39 is 0 Å². The van der Waals surface area contributed by atoms with Gasteiger partial charge in [-0.2, -0.15) is 0 Å². The predicted octanol–water partition coefficient (Wildman–Crippen LogP) is 3.94. The summed E-state index contributed by atoms with van der Waals surface area (Å²) in [7, 11) is 1.66. The fourth-order valence-electron chi connectivity index (χ4n) is 2.98. The molecule has 0 aliphatic heterocycles. The van der Waals surface area contributed by atoms with E-state index in [2.05, 4.69) is 10.3 Å². The molecule has 0 radical (unpaired) electrons. The van der Waals surface area contributed by atoms with Gasteiger partial charge in [0.1, 0.15) is 0 Å². The van der Waals surface area contributed by atoms with Crippen LogP contribution in [-0.4, -0.2) is 19.2 Å². The molecule has 2 aromatic rings. The molecule has 25 heavy (non-hydrogen) atoms. The van der Waals surface area contributed by atoms with Crippen molar-refractivity contribution in [3.8, 4) is 11.5 Å². The first kappa shape index (κ1) is 17.1. The zero-order valence-corrected chi connectivity index (χ0v) is 14.6. The minimum Gasteiger partial charge on any atom is -0.493 e. The molecular weight excluding hydrogens is 314 g/mol. The number of guanidine groups is 1. The standard InChI is InChI=1S/C20H25N3O2/c1-24-19-13-15(11-12-18(19)25-17-9-5-6-10-17)14-22-20(21)23-16-7-3-2-4-8-16/h2-4,7-8,11-13,17H,5-6,9-10,14H2,1H3,(H3,21,22,23). The molecule has 2 aromatic carbocycles. The molecule has 1 saturated carbocycles. The minimum atomic E-state index is 0.309. The predicted molar refractivity (Wildman–Crippen MR) is 101 cm³/mol. The first-order valence-electron chi connectivity index (χ1n) is 8.70. The van der Waals surface area contributed by atoms with Gasteiger partial charge in [-0.3, -0.25) is 0 Å². The number of nitrogens with zero attached hydrogens (tertiary/aromatic N) is 1. The van der Waals surface area contributed by atoms with Gasteiger partial charge < -0.3 is 20.5 Å². The molecule has 0 saturated heterocycles. The molecule has 0 atom stereocenters. The second kappa shape index (κ2) is 8.42. The third-order valence-electron chi connectivity index (χ3n) is 4.30. The molecule has 1 fully saturated rings. The van der Waals surface area contributed by atoms with Crippen molar-refractivity contribution in [2.75, 3.05) is 12.4 Å². The first-order chi connectivity index (χ1) is 12.2. The van der Waals surface area contributed by atoms with Gasteiger partial charge in [0.15, 0.2) is 17.5 Å². The van der Waals surface area contributed by atoms with Crippen LogP contribution in [-0.2, 0) is 6.54 Å². The summed E-state index contributed by atoms with van der Waals surface area (Å²) in [4.78, 5) is 4.38. The van der Waals surface area contributed by atoms with Crippen molar-refractivity contribution in [1.82, 2.24) is 0 Å². The number of benzene rings is 2. The van der Waals surface area contributed by atoms with E-state index in [0.717, 1.165) is 35.6 Å². The number of hydrogen-bond acceptors (Lipinski definition) is 3. The van der Waals surface area contributed by atoms with Gasteiger partial charge in [-0.15, -0.1) is 0 Å². The Labute approximate surface area is 148 Å². The van der Waals surface area contributed by atoms with E-state index in [1.165, 1.54) is 12.8 Å². The van der Waals surface area contributed by atoms with E-state index in [1.54, 1.807) is 7.11 Å². The highest BCUT2D eigenvalue weighted by molar-refractivity contribution is 5.92. The van der Waals surface area contributed by atoms with Crippen molar-refractivity contribution in [3.63, 3.8) is 0 Å². The molecule has 1 aliphatic rings. The summed E-state index contributed by atoms with van der Waals surface area (Å²) >= 11 is 0. The minimum absolute atomic E-state index is 0.309. The van der Waals surface area contributed by atoms with Gasteiger partial charge in [0.25, 0.3) is 0 Å². The summed E-state index contributed by atoms with van der Waals surface area (Å²) in [5.41, 5.74) is 7.89. The Kier molecular flexibility index (Phi) is 5.77. The lowest BCUT2D eigenvalue weighted by atomic mass is 10.2. The van der Waals surface area contributed by atoms with Crippen molar-refractivity contribution in [1.29, 1.82) is 0 Å². The van der Waals surface area contributed by atoms with E-state index in [9.17, 15) is 0 Å². The Bertz CT molecular complexity index is 710. The van der Waals surface area contributed by atoms with Crippen LogP contribution in [0.1, 0.15) is 31.2 Å². The molecule has 0 aromatic heterocycles. The topological polar surface area (TPSA) is 68.9 Å². The Hall–Kier alpha value is -2.69. The Balaban J connectivity index is 1.63. The second-order valence-electron chi connectivity index (χ2n) is 6.20. The van der Waals surface area contributed by atoms with Crippen LogP contribution in [0, 0.1) is 0 Å². The van der Waals surface area contributed by atoms with Crippen molar-refractivity contribution in [2.45, 2.75) is 38.3 Å². The summed E-state index contributed by atoms with van der Waals surface area (Å²) in [5, 5.41) is 3.07. The molecule has 3 N–H and O–H groups in total. The maximum absolute atomic E-state index is 6.06. The van der Waals surface area contributed by atoms with Gasteiger partial charge in [0, 0.05) is 5.69 Å². The number of anilines is 1. The number of ether oxygens (including phenoxy) is 2. The lowest BCUT2D eigenvalue weighted by Crippen LogP contribution is -2.22. The number of rotatable bonds is 6. The van der Waals surface area contributed by atoms with Gasteiger partial charge in [0.2, 0.25) is 0 Å². The SMILES string of the molecule is COc1cc(CN=C(N)Nc2ccccc2)ccc1OC1CCCC1. The van der Waals surface area contributed by atoms with Crippen LogP contribution in [0.25, 0.3) is 0 Å². The highest BCUT2D eigenvalue weighted by atomic mass is 16.5. The monoisotopic (exact) mass is 339 g/mol. The highest BCUT2D eigenvalue weighted by Gasteiger charge is 2.18. The molecule has 0 spiro atoms. The number of aliphatic imine (C=N–C) groups is 1. The zero-order chi connectivity index (χ0) is 17.5. The van der Waals surface area contributed by atoms with Crippen LogP contribution in [0.3, 0.4) is 0 Å². The molecule has 0 amide bonds. The molecule has 0 bridgehead atoms. The number of methoxy groups -OCH3 is 1. The highest BCUT2D eigenvalue weighted by Crippen LogP contribution is 2.32. The third-order valence-corrected chi connectivity index (χ3v) is 4.30. The Morgan fingerprint density at radius 3 is 2.60 bits per heavy atom. The maximum Gasteiger partial charge on any atom is 0.193 e. The van der Waals surface area contributed by atoms with Gasteiger partial charge >= 0.3 is 0 Å². The number of para-hydroxylation sites is 1. The van der Waals surface area contributed by atoms with Gasteiger partial charge in [-0.1, -0.05) is 24.3 Å². The Morgan fingerprint density at radius 1 is 1.12 bits per heavy atom. The largest absolute Gasteiger partial charge is 0.493 e. The summed E-state index contributed by atoms with van der Waals surface area (Å²) < 4.78 is 11.5. The van der Waals surface area contributed by atoms with E-state index in [0.29, 0.717) is 18.6 Å². The average molecular weight is 339 g/mol. The number of hydrogen-bond donors (Lipinski definition) is 2. The maximum atomic E-state index is 6.06. The van der Waals surface area contributed by atoms with E-state index in [4.69, 9.17) is 15.2 Å². The summed E-state index contributed by atoms with van der Waals surface area (Å²) in [5.74, 6) is 1.93. The van der Waals surface area contributed by atoms with E-state index in [1.807, 2.05) is 48.5 Å². The van der Waals surface area contributed by atoms with Crippen molar-refractivity contribution in [2.24, 2.45) is 10.7 Å². The number of nitrogens with one attached hydrogen (secondary N) is 1. The van der Waals surface area contributed by atoms with Crippen molar-refractivity contribution >= 4 is 11.6 Å². The van der Waals surface area contributed by atoms with Gasteiger partial charge in [-0.25, -0.2) is 4.99 Å². The van der Waals surface area contributed by atoms with Crippen molar-refractivity contribution < 1.29 is 9.47 Å². The molecule has 3 rings (SSSR count). The average Bonchev–Trinajstić information content (AvgIpc) is 3.15. The Morgan fingerprint density at radius 2 is 1.88 bits per heavy atom. The van der Waals surface area contributed by atoms with Gasteiger partial charge in [-0.05, 0) is 55.5 Å². The molecule has 1 aliphatic carbocycles. The van der Waals surface area contributed by atoms with Crippen LogP contribution in [0.2, 0.25) is 0 Å². The first-order valence-corrected chi connectivity index (χ1v) is 8.70. The van der Waals surface area contributed by atoms with Crippen LogP contribution < -0.4 is 20.5 Å². The number of nitrogens with two attached hydrogens (primary N) is 1. The second-order valence-corrected chi connectivity index (χ2v) is 6.20. The molecule has 0 heterocycles. The van der Waals surface area contributed by atoms with Crippen LogP contribution in [0.5, 0.6) is 11.5 Å². The van der Waals surface area contributed by atoms with Crippen LogP contribution >= 0.6 is 0 Å². The molecule has 132 valence electrons. The lowest BCUT2D eigenvalue weighted by Gasteiger charge is -2.16. The summed E-state index contributed by atoms with van der Waals surface area (Å²) in [6.45, 7) is 0.478. The fraction of sp³-hybridized carbons (Fsp3) is 0.350. The fourth-order valence-corrected chi connectivity index (χ4v) is 2.98. The van der Waals surface area contributed by atoms with Crippen molar-refractivity contribution in [3.05, 3.63) is 54.1 Å². The molecule has 0 unspecified atom stereocenters. The van der Waals surface area contributed by atoms with Crippen LogP contribution in [0.15, 0.2) is 53.5 Å². The van der Waals surface area contributed by atoms with Gasteiger partial charge in [0.05, 0.1) is 19.8 Å². The smallest absolute Gasteiger partial charge is 0.193 e. The quantitative estimate of drug-likeness (QED) is 0.618. The van der Waals surface area contributed by atoms with Crippen LogP contribution in [0.4, 0.5) is 5.69 Å². The lowest BCUT2D eigenvalue weighted by molar-refractivity contribution is 0.200. The zero-order valence-electron chi connectivity index (χ0n) is 14.6. The summed E-state index contributed by atoms with van der Waals surface area (Å²) in [6.07, 6.45) is 5.04. The molecule has 5 nitrogen and oxygen atoms in total. The molecule has 5 heteroatoms. The van der Waals surface area contributed by atoms with E-state index >= 15 is 0 Å². The third kappa shape index (κ3) is 4.89. The molecular formula is C20H25N3O2. The normalized spacial score (nSPS) is 15.2.